The Morgan fingerprint density at radius 2 is 1.45 bits per heavy atom. The maximum Gasteiger partial charge on any atom is 0.305 e. The second kappa shape index (κ2) is 15.8. The van der Waals surface area contributed by atoms with Crippen LogP contribution < -0.4 is 10.4 Å². The second-order valence-electron chi connectivity index (χ2n) is 13.9. The Morgan fingerprint density at radius 1 is 0.878 bits per heavy atom. The van der Waals surface area contributed by atoms with Crippen LogP contribution in [0.1, 0.15) is 64.6 Å². The Labute approximate surface area is 290 Å². The summed E-state index contributed by atoms with van der Waals surface area (Å²) >= 11 is 0. The molecule has 49 heavy (non-hydrogen) atoms. The van der Waals surface area contributed by atoms with Crippen LogP contribution >= 0.6 is 8.03 Å². The number of aromatic nitrogens is 1. The minimum atomic E-state index is -3.07. The molecule has 4 aromatic carbocycles. The zero-order valence-corrected chi connectivity index (χ0v) is 31.0. The van der Waals surface area contributed by atoms with E-state index in [0.717, 1.165) is 32.7 Å². The summed E-state index contributed by atoms with van der Waals surface area (Å²) in [5.74, 6) is -1.05. The molecule has 2 atom stereocenters. The van der Waals surface area contributed by atoms with Gasteiger partial charge >= 0.3 is 5.97 Å². The van der Waals surface area contributed by atoms with E-state index in [1.165, 1.54) is 17.7 Å². The number of hydrogen-bond acceptors (Lipinski definition) is 4. The Kier molecular flexibility index (Phi) is 11.8. The summed E-state index contributed by atoms with van der Waals surface area (Å²) in [7, 11) is -5.72. The van der Waals surface area contributed by atoms with Crippen molar-refractivity contribution in [1.82, 2.24) is 4.57 Å². The van der Waals surface area contributed by atoms with E-state index >= 15 is 0 Å². The summed E-state index contributed by atoms with van der Waals surface area (Å²) in [6.07, 6.45) is 0.191. The molecule has 258 valence electrons. The third kappa shape index (κ3) is 8.16. The van der Waals surface area contributed by atoms with Crippen molar-refractivity contribution in [2.45, 2.75) is 70.9 Å². The van der Waals surface area contributed by atoms with Gasteiger partial charge in [0.25, 0.3) is 8.32 Å². The molecule has 0 saturated carbocycles. The van der Waals surface area contributed by atoms with Gasteiger partial charge in [0, 0.05) is 22.9 Å². The molecule has 5 aromatic rings. The number of halogens is 1. The van der Waals surface area contributed by atoms with Gasteiger partial charge in [0.2, 0.25) is 0 Å². The van der Waals surface area contributed by atoms with Gasteiger partial charge < -0.3 is 18.6 Å². The molecular weight excluding hydrogens is 653 g/mol. The highest BCUT2D eigenvalue weighted by Gasteiger charge is 2.51. The van der Waals surface area contributed by atoms with Crippen molar-refractivity contribution in [2.75, 3.05) is 12.8 Å². The number of fused-ring (bicyclic) bond motifs is 1. The SMILES string of the molecule is CC(C)c1c(CCCO[PH](=O)CC(CC(=O)O)O[Si](c2ccccc2)(c2ccccc2)C(C)(C)C)n(-c2ccc(F)cc2)c2ccccc12. The standard InChI is InChI=1S/C40H47FNO5PSi/c1-29(2)39-35-19-12-13-20-36(35)42(31-24-22-30(41)23-25-31)37(39)21-14-26-46-48(45)28-32(27-38(43)44)47-49(40(3,4)5,33-15-8-6-9-16-33)34-17-10-7-11-18-34/h6-13,15-20,22-25,29,32,48H,14,21,26-28H2,1-5H3,(H,43,44). The number of carboxylic acids is 1. The van der Waals surface area contributed by atoms with Crippen LogP contribution in [0.25, 0.3) is 16.6 Å². The number of nitrogens with zero attached hydrogens (tertiary/aromatic N) is 1. The van der Waals surface area contributed by atoms with E-state index in [0.29, 0.717) is 12.8 Å². The number of rotatable bonds is 15. The Balaban J connectivity index is 1.36. The van der Waals surface area contributed by atoms with Gasteiger partial charge in [-0.1, -0.05) is 113 Å². The van der Waals surface area contributed by atoms with Crippen LogP contribution in [-0.4, -0.2) is 42.8 Å². The normalized spacial score (nSPS) is 13.5. The van der Waals surface area contributed by atoms with E-state index < -0.39 is 28.4 Å². The number of aliphatic carboxylic acids is 1. The average molecular weight is 700 g/mol. The maximum atomic E-state index is 13.9. The van der Waals surface area contributed by atoms with Gasteiger partial charge in [0.15, 0.2) is 8.03 Å². The first-order valence-electron chi connectivity index (χ1n) is 17.0. The fraction of sp³-hybridized carbons (Fsp3) is 0.325. The monoisotopic (exact) mass is 699 g/mol. The number of carbonyl (C=O) groups is 1. The predicted octanol–water partition coefficient (Wildman–Crippen LogP) is 8.74. The maximum absolute atomic E-state index is 13.9. The highest BCUT2D eigenvalue weighted by atomic mass is 31.1. The third-order valence-electron chi connectivity index (χ3n) is 9.06. The molecule has 0 spiro atoms. The smallest absolute Gasteiger partial charge is 0.305 e. The molecule has 5 rings (SSSR count). The first-order valence-corrected chi connectivity index (χ1v) is 20.4. The van der Waals surface area contributed by atoms with E-state index in [-0.39, 0.29) is 36.0 Å². The lowest BCUT2D eigenvalue weighted by Gasteiger charge is -2.45. The van der Waals surface area contributed by atoms with Gasteiger partial charge in [-0.25, -0.2) is 4.39 Å². The van der Waals surface area contributed by atoms with E-state index in [9.17, 15) is 18.9 Å². The summed E-state index contributed by atoms with van der Waals surface area (Å²) in [6, 6.07) is 34.8. The molecule has 0 aliphatic heterocycles. The molecule has 2 unspecified atom stereocenters. The van der Waals surface area contributed by atoms with E-state index in [2.05, 4.69) is 75.6 Å². The molecule has 1 aromatic heterocycles. The molecule has 0 amide bonds. The van der Waals surface area contributed by atoms with Crippen molar-refractivity contribution in [3.05, 3.63) is 126 Å². The van der Waals surface area contributed by atoms with E-state index in [1.807, 2.05) is 48.5 Å². The topological polar surface area (TPSA) is 77.8 Å². The number of benzene rings is 4. The van der Waals surface area contributed by atoms with Crippen molar-refractivity contribution in [3.8, 4) is 5.69 Å². The van der Waals surface area contributed by atoms with Crippen molar-refractivity contribution in [2.24, 2.45) is 0 Å². The lowest BCUT2D eigenvalue weighted by Crippen LogP contribution is -2.68. The summed E-state index contributed by atoms with van der Waals surface area (Å²) in [5, 5.41) is 12.8. The average Bonchev–Trinajstić information content (AvgIpc) is 3.40. The van der Waals surface area contributed by atoms with Gasteiger partial charge in [-0.15, -0.1) is 0 Å². The number of carboxylic acid groups (broad SMARTS) is 1. The summed E-state index contributed by atoms with van der Waals surface area (Å²) < 4.78 is 42.6. The first kappa shape index (κ1) is 36.5. The summed E-state index contributed by atoms with van der Waals surface area (Å²) in [4.78, 5) is 12.1. The summed E-state index contributed by atoms with van der Waals surface area (Å²) in [6.45, 7) is 11.0. The molecule has 1 heterocycles. The van der Waals surface area contributed by atoms with Gasteiger partial charge in [-0.05, 0) is 70.1 Å². The highest BCUT2D eigenvalue weighted by Crippen LogP contribution is 2.40. The van der Waals surface area contributed by atoms with Crippen molar-refractivity contribution < 1.29 is 27.8 Å². The van der Waals surface area contributed by atoms with Gasteiger partial charge in [0.05, 0.1) is 24.6 Å². The molecule has 0 aliphatic carbocycles. The van der Waals surface area contributed by atoms with E-state index in [4.69, 9.17) is 8.95 Å². The van der Waals surface area contributed by atoms with Crippen LogP contribution in [0, 0.1) is 5.82 Å². The molecule has 9 heteroatoms. The molecule has 0 aliphatic rings. The molecule has 1 N–H and O–H groups in total. The van der Waals surface area contributed by atoms with Crippen molar-refractivity contribution in [1.29, 1.82) is 0 Å². The largest absolute Gasteiger partial charge is 0.481 e. The van der Waals surface area contributed by atoms with Crippen LogP contribution in [0.2, 0.25) is 5.04 Å². The van der Waals surface area contributed by atoms with Crippen LogP contribution in [0.15, 0.2) is 109 Å². The quantitative estimate of drug-likeness (QED) is 0.0672. The molecule has 0 radical (unpaired) electrons. The van der Waals surface area contributed by atoms with Gasteiger partial charge in [0.1, 0.15) is 5.82 Å². The van der Waals surface area contributed by atoms with Gasteiger partial charge in [-0.2, -0.15) is 0 Å². The second-order valence-corrected chi connectivity index (χ2v) is 19.6. The Hall–Kier alpha value is -3.81. The fourth-order valence-corrected chi connectivity index (χ4v) is 13.0. The lowest BCUT2D eigenvalue weighted by atomic mass is 9.97. The zero-order valence-electron chi connectivity index (χ0n) is 29.0. The zero-order chi connectivity index (χ0) is 35.2. The van der Waals surface area contributed by atoms with Gasteiger partial charge in [-0.3, -0.25) is 9.36 Å². The predicted molar refractivity (Wildman–Crippen MR) is 200 cm³/mol. The van der Waals surface area contributed by atoms with Crippen molar-refractivity contribution in [3.63, 3.8) is 0 Å². The van der Waals surface area contributed by atoms with Crippen LogP contribution in [0.5, 0.6) is 0 Å². The molecule has 0 bridgehead atoms. The van der Waals surface area contributed by atoms with Crippen molar-refractivity contribution >= 4 is 43.6 Å². The molecule has 0 saturated heterocycles. The first-order chi connectivity index (χ1) is 23.4. The Bertz CT molecular complexity index is 1830. The molecule has 0 fully saturated rings. The minimum Gasteiger partial charge on any atom is -0.481 e. The fourth-order valence-electron chi connectivity index (χ4n) is 7.06. The van der Waals surface area contributed by atoms with Crippen LogP contribution in [0.4, 0.5) is 4.39 Å². The molecule has 6 nitrogen and oxygen atoms in total. The minimum absolute atomic E-state index is 0.00848. The van der Waals surface area contributed by atoms with Crippen LogP contribution in [-0.2, 0) is 24.7 Å². The number of para-hydroxylation sites is 1. The van der Waals surface area contributed by atoms with Crippen LogP contribution in [0.3, 0.4) is 0 Å². The Morgan fingerprint density at radius 3 is 2.00 bits per heavy atom. The highest BCUT2D eigenvalue weighted by molar-refractivity contribution is 7.39. The lowest BCUT2D eigenvalue weighted by molar-refractivity contribution is -0.138. The van der Waals surface area contributed by atoms with E-state index in [1.54, 1.807) is 12.1 Å². The summed E-state index contributed by atoms with van der Waals surface area (Å²) in [5.41, 5.74) is 4.28. The third-order valence-corrected chi connectivity index (χ3v) is 15.5. The molecular formula is C40H47FNO5PSi. The number of hydrogen-bond donors (Lipinski definition) is 1.